The Balaban J connectivity index is 1.67. The highest BCUT2D eigenvalue weighted by Crippen LogP contribution is 2.18. The summed E-state index contributed by atoms with van der Waals surface area (Å²) < 4.78 is 19.8. The van der Waals surface area contributed by atoms with Gasteiger partial charge in [-0.1, -0.05) is 6.07 Å². The normalized spacial score (nSPS) is 10.3. The highest BCUT2D eigenvalue weighted by atomic mass is 19.1. The van der Waals surface area contributed by atoms with Crippen molar-refractivity contribution in [3.63, 3.8) is 0 Å². The molecule has 7 nitrogen and oxygen atoms in total. The Bertz CT molecular complexity index is 954. The van der Waals surface area contributed by atoms with E-state index in [9.17, 15) is 14.0 Å². The molecule has 2 aromatic carbocycles. The Morgan fingerprint density at radius 3 is 2.67 bits per heavy atom. The van der Waals surface area contributed by atoms with Crippen LogP contribution in [0, 0.1) is 5.82 Å². The van der Waals surface area contributed by atoms with Crippen molar-refractivity contribution in [2.75, 3.05) is 19.0 Å². The lowest BCUT2D eigenvalue weighted by Crippen LogP contribution is -2.24. The van der Waals surface area contributed by atoms with Crippen LogP contribution in [0.5, 0.6) is 5.75 Å². The fraction of sp³-hybridized carbons (Fsp3) is 0.105. The van der Waals surface area contributed by atoms with Crippen molar-refractivity contribution >= 4 is 17.5 Å². The van der Waals surface area contributed by atoms with Gasteiger partial charge in [0.1, 0.15) is 11.6 Å². The van der Waals surface area contributed by atoms with E-state index < -0.39 is 5.91 Å². The molecule has 0 saturated heterocycles. The first kappa shape index (κ1) is 18.1. The number of carbonyl (C=O) groups excluding carboxylic acids is 2. The molecular weight excluding hydrogens is 351 g/mol. The van der Waals surface area contributed by atoms with Crippen LogP contribution in [0.3, 0.4) is 0 Å². The minimum atomic E-state index is -0.403. The molecule has 1 aromatic heterocycles. The molecule has 27 heavy (non-hydrogen) atoms. The molecule has 0 aliphatic carbocycles. The van der Waals surface area contributed by atoms with Crippen molar-refractivity contribution in [2.24, 2.45) is 0 Å². The topological polar surface area (TPSA) is 85.3 Å². The smallest absolute Gasteiger partial charge is 0.276 e. The van der Waals surface area contributed by atoms with Crippen molar-refractivity contribution in [3.05, 3.63) is 72.3 Å². The number of halogens is 1. The van der Waals surface area contributed by atoms with Gasteiger partial charge in [-0.25, -0.2) is 9.07 Å². The van der Waals surface area contributed by atoms with Crippen LogP contribution in [-0.4, -0.2) is 35.2 Å². The van der Waals surface area contributed by atoms with Gasteiger partial charge in [-0.05, 0) is 42.5 Å². The summed E-state index contributed by atoms with van der Waals surface area (Å²) in [7, 11) is 1.52. The third-order valence-corrected chi connectivity index (χ3v) is 3.65. The lowest BCUT2D eigenvalue weighted by atomic mass is 10.3. The number of nitrogens with zero attached hydrogens (tertiary/aromatic N) is 2. The van der Waals surface area contributed by atoms with Gasteiger partial charge in [0.05, 0.1) is 5.69 Å². The second kappa shape index (κ2) is 8.13. The lowest BCUT2D eigenvalue weighted by Gasteiger charge is -2.08. The summed E-state index contributed by atoms with van der Waals surface area (Å²) in [6, 6.07) is 14.0. The third kappa shape index (κ3) is 4.69. The molecule has 2 amide bonds. The number of anilines is 1. The standard InChI is InChI=1S/C19H17FN4O3/c1-21-18(25)12-27-16-4-2-3-14(11-16)22-19(26)17-9-10-24(23-17)15-7-5-13(20)6-8-15/h2-11H,12H2,1H3,(H,21,25)(H,22,26). The number of carbonyl (C=O) groups is 2. The molecule has 0 aliphatic heterocycles. The molecular formula is C19H17FN4O3. The van der Waals surface area contributed by atoms with Crippen LogP contribution in [0.15, 0.2) is 60.8 Å². The molecule has 2 N–H and O–H groups in total. The van der Waals surface area contributed by atoms with Gasteiger partial charge in [0.15, 0.2) is 12.3 Å². The van der Waals surface area contributed by atoms with E-state index in [4.69, 9.17) is 4.74 Å². The fourth-order valence-corrected chi connectivity index (χ4v) is 2.26. The second-order valence-corrected chi connectivity index (χ2v) is 5.57. The second-order valence-electron chi connectivity index (χ2n) is 5.57. The SMILES string of the molecule is CNC(=O)COc1cccc(NC(=O)c2ccn(-c3ccc(F)cc3)n2)c1. The van der Waals surface area contributed by atoms with Crippen molar-refractivity contribution in [1.82, 2.24) is 15.1 Å². The van der Waals surface area contributed by atoms with E-state index in [1.165, 1.54) is 23.9 Å². The maximum Gasteiger partial charge on any atom is 0.276 e. The molecule has 0 atom stereocenters. The summed E-state index contributed by atoms with van der Waals surface area (Å²) in [6.07, 6.45) is 1.62. The average Bonchev–Trinajstić information content (AvgIpc) is 3.17. The van der Waals surface area contributed by atoms with Crippen LogP contribution in [0.1, 0.15) is 10.5 Å². The quantitative estimate of drug-likeness (QED) is 0.700. The van der Waals surface area contributed by atoms with E-state index in [2.05, 4.69) is 15.7 Å². The maximum absolute atomic E-state index is 13.0. The van der Waals surface area contributed by atoms with Crippen molar-refractivity contribution in [3.8, 4) is 11.4 Å². The summed E-state index contributed by atoms with van der Waals surface area (Å²) in [5.74, 6) is -0.550. The number of rotatable bonds is 6. The van der Waals surface area contributed by atoms with Gasteiger partial charge >= 0.3 is 0 Å². The molecule has 3 rings (SSSR count). The highest BCUT2D eigenvalue weighted by Gasteiger charge is 2.11. The van der Waals surface area contributed by atoms with Crippen LogP contribution in [0.25, 0.3) is 5.69 Å². The summed E-state index contributed by atoms with van der Waals surface area (Å²) in [6.45, 7) is -0.115. The van der Waals surface area contributed by atoms with Gasteiger partial charge in [-0.2, -0.15) is 5.10 Å². The van der Waals surface area contributed by atoms with E-state index in [-0.39, 0.29) is 24.0 Å². The van der Waals surface area contributed by atoms with Gasteiger partial charge in [-0.3, -0.25) is 9.59 Å². The Labute approximate surface area is 154 Å². The molecule has 0 radical (unpaired) electrons. The lowest BCUT2D eigenvalue weighted by molar-refractivity contribution is -0.122. The molecule has 3 aromatic rings. The van der Waals surface area contributed by atoms with Gasteiger partial charge in [0.25, 0.3) is 11.8 Å². The molecule has 0 bridgehead atoms. The van der Waals surface area contributed by atoms with Crippen LogP contribution in [-0.2, 0) is 4.79 Å². The Morgan fingerprint density at radius 1 is 1.15 bits per heavy atom. The van der Waals surface area contributed by atoms with Crippen LogP contribution < -0.4 is 15.4 Å². The number of nitrogens with one attached hydrogen (secondary N) is 2. The van der Waals surface area contributed by atoms with Crippen LogP contribution >= 0.6 is 0 Å². The van der Waals surface area contributed by atoms with Gasteiger partial charge in [0, 0.05) is 25.0 Å². The molecule has 1 heterocycles. The summed E-state index contributed by atoms with van der Waals surface area (Å²) in [5, 5.41) is 9.37. The predicted octanol–water partition coefficient (Wildman–Crippen LogP) is 2.39. The first-order valence-corrected chi connectivity index (χ1v) is 8.11. The summed E-state index contributed by atoms with van der Waals surface area (Å²) >= 11 is 0. The zero-order valence-corrected chi connectivity index (χ0v) is 14.5. The highest BCUT2D eigenvalue weighted by molar-refractivity contribution is 6.02. The van der Waals surface area contributed by atoms with E-state index in [1.807, 2.05) is 0 Å². The fourth-order valence-electron chi connectivity index (χ4n) is 2.26. The largest absolute Gasteiger partial charge is 0.484 e. The third-order valence-electron chi connectivity index (χ3n) is 3.65. The van der Waals surface area contributed by atoms with E-state index >= 15 is 0 Å². The summed E-state index contributed by atoms with van der Waals surface area (Å²) in [5.41, 5.74) is 1.35. The molecule has 0 unspecified atom stereocenters. The van der Waals surface area contributed by atoms with E-state index in [1.54, 1.807) is 48.7 Å². The van der Waals surface area contributed by atoms with Gasteiger partial charge in [0.2, 0.25) is 0 Å². The van der Waals surface area contributed by atoms with Gasteiger partial charge in [-0.15, -0.1) is 0 Å². The van der Waals surface area contributed by atoms with Crippen LogP contribution in [0.2, 0.25) is 0 Å². The number of aromatic nitrogens is 2. The number of amides is 2. The molecule has 0 aliphatic rings. The zero-order chi connectivity index (χ0) is 19.2. The molecule has 138 valence electrons. The molecule has 0 fully saturated rings. The minimum Gasteiger partial charge on any atom is -0.484 e. The number of likely N-dealkylation sites (N-methyl/N-ethyl adjacent to an activating group) is 1. The summed E-state index contributed by atoms with van der Waals surface area (Å²) in [4.78, 5) is 23.6. The van der Waals surface area contributed by atoms with E-state index in [0.717, 1.165) is 0 Å². The average molecular weight is 368 g/mol. The zero-order valence-electron chi connectivity index (χ0n) is 14.5. The maximum atomic E-state index is 13.0. The first-order valence-electron chi connectivity index (χ1n) is 8.11. The van der Waals surface area contributed by atoms with Crippen molar-refractivity contribution in [2.45, 2.75) is 0 Å². The number of hydrogen-bond acceptors (Lipinski definition) is 4. The Hall–Kier alpha value is -3.68. The van der Waals surface area contributed by atoms with Gasteiger partial charge < -0.3 is 15.4 Å². The molecule has 8 heteroatoms. The first-order chi connectivity index (χ1) is 13.0. The van der Waals surface area contributed by atoms with Crippen LogP contribution in [0.4, 0.5) is 10.1 Å². The Kier molecular flexibility index (Phi) is 5.46. The molecule has 0 saturated carbocycles. The van der Waals surface area contributed by atoms with Crippen molar-refractivity contribution < 1.29 is 18.7 Å². The number of hydrogen-bond donors (Lipinski definition) is 2. The molecule has 0 spiro atoms. The monoisotopic (exact) mass is 368 g/mol. The predicted molar refractivity (Wildman–Crippen MR) is 97.5 cm³/mol. The number of benzene rings is 2. The number of ether oxygens (including phenoxy) is 1. The van der Waals surface area contributed by atoms with Crippen molar-refractivity contribution in [1.29, 1.82) is 0 Å². The minimum absolute atomic E-state index is 0.115. The Morgan fingerprint density at radius 2 is 1.93 bits per heavy atom. The van der Waals surface area contributed by atoms with E-state index in [0.29, 0.717) is 17.1 Å².